The molecule has 0 aromatic heterocycles. The molecule has 0 heterocycles. The van der Waals surface area contributed by atoms with E-state index in [1.165, 1.54) is 12.1 Å². The molecule has 0 aliphatic heterocycles. The Labute approximate surface area is 117 Å². The normalized spacial score (nSPS) is 12.2. The van der Waals surface area contributed by atoms with Crippen molar-refractivity contribution in [2.45, 2.75) is 45.2 Å². The van der Waals surface area contributed by atoms with Gasteiger partial charge in [-0.05, 0) is 24.6 Å². The molecule has 0 bridgehead atoms. The van der Waals surface area contributed by atoms with Gasteiger partial charge in [-0.1, -0.05) is 32.6 Å². The summed E-state index contributed by atoms with van der Waals surface area (Å²) < 4.78 is 32.1. The third kappa shape index (κ3) is 5.55. The molecule has 1 aromatic rings. The Kier molecular flexibility index (Phi) is 6.98. The number of alkyl halides is 1. The fourth-order valence-corrected chi connectivity index (χ4v) is 1.81. The largest absolute Gasteiger partial charge is 0.487 e. The third-order valence-corrected chi connectivity index (χ3v) is 2.97. The zero-order valence-electron chi connectivity index (χ0n) is 11.6. The van der Waals surface area contributed by atoms with Crippen molar-refractivity contribution in [1.82, 2.24) is 0 Å². The topological polar surface area (TPSA) is 46.5 Å². The molecule has 3 nitrogen and oxygen atoms in total. The molecule has 112 valence electrons. The van der Waals surface area contributed by atoms with Crippen molar-refractivity contribution < 1.29 is 23.4 Å². The van der Waals surface area contributed by atoms with Crippen LogP contribution in [-0.4, -0.2) is 23.9 Å². The Morgan fingerprint density at radius 1 is 1.35 bits per heavy atom. The number of carbonyl (C=O) groups is 1. The molecule has 20 heavy (non-hydrogen) atoms. The highest BCUT2D eigenvalue weighted by molar-refractivity contribution is 5.87. The van der Waals surface area contributed by atoms with E-state index >= 15 is 0 Å². The molecule has 0 unspecified atom stereocenters. The van der Waals surface area contributed by atoms with E-state index in [-0.39, 0.29) is 17.9 Å². The van der Waals surface area contributed by atoms with Gasteiger partial charge >= 0.3 is 5.97 Å². The summed E-state index contributed by atoms with van der Waals surface area (Å²) in [5.74, 6) is -2.12. The standard InChI is InChI=1S/C15H20F2O3/c1-2-3-4-5-6-12(16)10-20-14-8-7-11(15(18)19)9-13(14)17/h7-9,12H,2-6,10H2,1H3,(H,18,19)/t12-/m0/s1. The van der Waals surface area contributed by atoms with Crippen molar-refractivity contribution in [1.29, 1.82) is 0 Å². The smallest absolute Gasteiger partial charge is 0.335 e. The summed E-state index contributed by atoms with van der Waals surface area (Å²) in [5, 5.41) is 8.69. The Balaban J connectivity index is 2.39. The number of carboxylic acid groups (broad SMARTS) is 1. The molecule has 0 saturated heterocycles. The van der Waals surface area contributed by atoms with Crippen LogP contribution in [-0.2, 0) is 0 Å². The molecule has 0 saturated carbocycles. The Morgan fingerprint density at radius 3 is 2.70 bits per heavy atom. The van der Waals surface area contributed by atoms with E-state index in [4.69, 9.17) is 9.84 Å². The van der Waals surface area contributed by atoms with Crippen LogP contribution in [0.1, 0.15) is 49.4 Å². The van der Waals surface area contributed by atoms with Crippen LogP contribution in [0, 0.1) is 5.82 Å². The van der Waals surface area contributed by atoms with E-state index in [0.29, 0.717) is 6.42 Å². The van der Waals surface area contributed by atoms with Crippen molar-refractivity contribution in [2.75, 3.05) is 6.61 Å². The summed E-state index contributed by atoms with van der Waals surface area (Å²) in [4.78, 5) is 10.6. The van der Waals surface area contributed by atoms with Crippen molar-refractivity contribution >= 4 is 5.97 Å². The number of carboxylic acids is 1. The summed E-state index contributed by atoms with van der Waals surface area (Å²) >= 11 is 0. The van der Waals surface area contributed by atoms with Gasteiger partial charge in [-0.25, -0.2) is 13.6 Å². The van der Waals surface area contributed by atoms with Gasteiger partial charge in [0.25, 0.3) is 0 Å². The fourth-order valence-electron chi connectivity index (χ4n) is 1.81. The summed E-state index contributed by atoms with van der Waals surface area (Å²) in [6, 6.07) is 3.31. The zero-order valence-corrected chi connectivity index (χ0v) is 11.6. The first kappa shape index (κ1) is 16.4. The van der Waals surface area contributed by atoms with Crippen molar-refractivity contribution in [3.8, 4) is 5.75 Å². The second-order valence-electron chi connectivity index (χ2n) is 4.71. The highest BCUT2D eigenvalue weighted by Gasteiger charge is 2.12. The summed E-state index contributed by atoms with van der Waals surface area (Å²) in [6.45, 7) is 1.87. The van der Waals surface area contributed by atoms with Crippen LogP contribution in [0.15, 0.2) is 18.2 Å². The van der Waals surface area contributed by atoms with E-state index < -0.39 is 18.0 Å². The van der Waals surface area contributed by atoms with E-state index in [1.807, 2.05) is 0 Å². The highest BCUT2D eigenvalue weighted by Crippen LogP contribution is 2.19. The molecular formula is C15H20F2O3. The quantitative estimate of drug-likeness (QED) is 0.692. The first-order valence-electron chi connectivity index (χ1n) is 6.84. The van der Waals surface area contributed by atoms with Gasteiger partial charge in [0.1, 0.15) is 12.8 Å². The van der Waals surface area contributed by atoms with E-state index in [2.05, 4.69) is 6.92 Å². The van der Waals surface area contributed by atoms with Gasteiger partial charge < -0.3 is 9.84 Å². The lowest BCUT2D eigenvalue weighted by atomic mass is 10.1. The van der Waals surface area contributed by atoms with Crippen LogP contribution in [0.2, 0.25) is 0 Å². The number of aromatic carboxylic acids is 1. The second kappa shape index (κ2) is 8.51. The first-order valence-corrected chi connectivity index (χ1v) is 6.84. The third-order valence-electron chi connectivity index (χ3n) is 2.97. The van der Waals surface area contributed by atoms with Gasteiger partial charge in [0.05, 0.1) is 5.56 Å². The summed E-state index contributed by atoms with van der Waals surface area (Å²) in [7, 11) is 0. The fraction of sp³-hybridized carbons (Fsp3) is 0.533. The van der Waals surface area contributed by atoms with Crippen molar-refractivity contribution in [2.24, 2.45) is 0 Å². The molecule has 1 aromatic carbocycles. The maximum absolute atomic E-state index is 13.5. The number of hydrogen-bond donors (Lipinski definition) is 1. The number of halogens is 2. The van der Waals surface area contributed by atoms with E-state index in [0.717, 1.165) is 31.7 Å². The van der Waals surface area contributed by atoms with E-state index in [9.17, 15) is 13.6 Å². The summed E-state index contributed by atoms with van der Waals surface area (Å²) in [6.07, 6.45) is 3.21. The zero-order chi connectivity index (χ0) is 15.0. The lowest BCUT2D eigenvalue weighted by molar-refractivity contribution is 0.0696. The highest BCUT2D eigenvalue weighted by atomic mass is 19.1. The van der Waals surface area contributed by atoms with Gasteiger partial charge in [-0.15, -0.1) is 0 Å². The Bertz CT molecular complexity index is 435. The second-order valence-corrected chi connectivity index (χ2v) is 4.71. The van der Waals surface area contributed by atoms with Gasteiger partial charge in [-0.2, -0.15) is 0 Å². The molecule has 0 aliphatic rings. The van der Waals surface area contributed by atoms with Gasteiger partial charge in [0, 0.05) is 0 Å². The number of unbranched alkanes of at least 4 members (excludes halogenated alkanes) is 3. The average Bonchev–Trinajstić information content (AvgIpc) is 2.42. The average molecular weight is 286 g/mol. The van der Waals surface area contributed by atoms with E-state index in [1.54, 1.807) is 0 Å². The molecule has 0 amide bonds. The molecule has 1 N–H and O–H groups in total. The predicted octanol–water partition coefficient (Wildman–Crippen LogP) is 4.21. The van der Waals surface area contributed by atoms with Crippen LogP contribution in [0.25, 0.3) is 0 Å². The van der Waals surface area contributed by atoms with Crippen LogP contribution in [0.3, 0.4) is 0 Å². The Morgan fingerprint density at radius 2 is 2.10 bits per heavy atom. The monoisotopic (exact) mass is 286 g/mol. The maximum atomic E-state index is 13.5. The first-order chi connectivity index (χ1) is 9.54. The maximum Gasteiger partial charge on any atom is 0.335 e. The van der Waals surface area contributed by atoms with Gasteiger partial charge in [0.2, 0.25) is 0 Å². The minimum Gasteiger partial charge on any atom is -0.487 e. The molecule has 0 radical (unpaired) electrons. The summed E-state index contributed by atoms with van der Waals surface area (Å²) in [5.41, 5.74) is -0.161. The minimum absolute atomic E-state index is 0.119. The van der Waals surface area contributed by atoms with Crippen LogP contribution in [0.4, 0.5) is 8.78 Å². The molecule has 0 spiro atoms. The lowest BCUT2D eigenvalue weighted by Crippen LogP contribution is -2.13. The predicted molar refractivity (Wildman–Crippen MR) is 72.5 cm³/mol. The Hall–Kier alpha value is -1.65. The van der Waals surface area contributed by atoms with Gasteiger partial charge in [0.15, 0.2) is 11.6 Å². The minimum atomic E-state index is -1.21. The van der Waals surface area contributed by atoms with Crippen LogP contribution < -0.4 is 4.74 Å². The number of benzene rings is 1. The number of ether oxygens (including phenoxy) is 1. The van der Waals surface area contributed by atoms with Crippen LogP contribution in [0.5, 0.6) is 5.75 Å². The van der Waals surface area contributed by atoms with Crippen LogP contribution >= 0.6 is 0 Å². The van der Waals surface area contributed by atoms with Crippen molar-refractivity contribution in [3.05, 3.63) is 29.6 Å². The number of rotatable bonds is 9. The molecule has 5 heteroatoms. The van der Waals surface area contributed by atoms with Crippen molar-refractivity contribution in [3.63, 3.8) is 0 Å². The molecule has 0 fully saturated rings. The lowest BCUT2D eigenvalue weighted by Gasteiger charge is -2.11. The molecular weight excluding hydrogens is 266 g/mol. The molecule has 1 atom stereocenters. The van der Waals surface area contributed by atoms with Gasteiger partial charge in [-0.3, -0.25) is 0 Å². The molecule has 1 rings (SSSR count). The SMILES string of the molecule is CCCCCC[C@H](F)COc1ccc(C(=O)O)cc1F. The number of hydrogen-bond acceptors (Lipinski definition) is 2. The molecule has 0 aliphatic carbocycles.